The van der Waals surface area contributed by atoms with Crippen LogP contribution in [-0.2, 0) is 4.79 Å². The number of nitrogens with zero attached hydrogens (tertiary/aromatic N) is 1. The normalized spacial score (nSPS) is 16.6. The van der Waals surface area contributed by atoms with Crippen molar-refractivity contribution in [1.82, 2.24) is 5.32 Å². The molecule has 19 heavy (non-hydrogen) atoms. The minimum atomic E-state index is -0.249. The van der Waals surface area contributed by atoms with E-state index in [-0.39, 0.29) is 5.91 Å². The van der Waals surface area contributed by atoms with Gasteiger partial charge in [-0.25, -0.2) is 4.99 Å². The molecule has 1 aromatic heterocycles. The van der Waals surface area contributed by atoms with Gasteiger partial charge in [0.25, 0.3) is 5.91 Å². The molecule has 0 saturated carbocycles. The van der Waals surface area contributed by atoms with Crippen molar-refractivity contribution in [3.05, 3.63) is 64.7 Å². The second-order valence-corrected chi connectivity index (χ2v) is 4.40. The van der Waals surface area contributed by atoms with Crippen molar-refractivity contribution in [3.8, 4) is 0 Å². The summed E-state index contributed by atoms with van der Waals surface area (Å²) in [7, 11) is 0. The fourth-order valence-electron chi connectivity index (χ4n) is 1.72. The van der Waals surface area contributed by atoms with Crippen molar-refractivity contribution in [1.29, 1.82) is 0 Å². The van der Waals surface area contributed by atoms with Crippen LogP contribution in [0.3, 0.4) is 0 Å². The predicted octanol–water partition coefficient (Wildman–Crippen LogP) is 2.85. The van der Waals surface area contributed by atoms with Crippen LogP contribution in [0.2, 0.25) is 5.02 Å². The van der Waals surface area contributed by atoms with E-state index in [0.717, 1.165) is 5.56 Å². The molecule has 1 amide bonds. The van der Waals surface area contributed by atoms with E-state index in [1.165, 1.54) is 0 Å². The van der Waals surface area contributed by atoms with Gasteiger partial charge in [0.15, 0.2) is 0 Å². The summed E-state index contributed by atoms with van der Waals surface area (Å²) in [5.41, 5.74) is 1.13. The highest BCUT2D eigenvalue weighted by Crippen LogP contribution is 2.16. The van der Waals surface area contributed by atoms with Crippen molar-refractivity contribution in [2.75, 3.05) is 0 Å². The van der Waals surface area contributed by atoms with Crippen LogP contribution in [0.5, 0.6) is 0 Å². The molecule has 0 radical (unpaired) electrons. The maximum atomic E-state index is 11.8. The lowest BCUT2D eigenvalue weighted by molar-refractivity contribution is -0.115. The average molecular weight is 273 g/mol. The number of rotatable bonds is 2. The Hall–Kier alpha value is -2.33. The number of hydrogen-bond donors (Lipinski definition) is 1. The summed E-state index contributed by atoms with van der Waals surface area (Å²) in [6, 6.07) is 10.6. The number of benzene rings is 1. The van der Waals surface area contributed by atoms with Crippen molar-refractivity contribution in [2.45, 2.75) is 0 Å². The van der Waals surface area contributed by atoms with Gasteiger partial charge in [-0.1, -0.05) is 11.6 Å². The van der Waals surface area contributed by atoms with Gasteiger partial charge in [0, 0.05) is 16.7 Å². The van der Waals surface area contributed by atoms with E-state index in [2.05, 4.69) is 10.3 Å². The highest BCUT2D eigenvalue weighted by molar-refractivity contribution is 6.30. The maximum Gasteiger partial charge on any atom is 0.275 e. The number of carbonyl (C=O) groups is 1. The van der Waals surface area contributed by atoms with E-state index in [9.17, 15) is 4.79 Å². The van der Waals surface area contributed by atoms with E-state index >= 15 is 0 Å². The summed E-state index contributed by atoms with van der Waals surface area (Å²) < 4.78 is 5.16. The Morgan fingerprint density at radius 2 is 2.00 bits per heavy atom. The van der Waals surface area contributed by atoms with Crippen LogP contribution in [0.15, 0.2) is 57.8 Å². The zero-order valence-corrected chi connectivity index (χ0v) is 10.5. The van der Waals surface area contributed by atoms with Crippen LogP contribution in [0.25, 0.3) is 6.08 Å². The van der Waals surface area contributed by atoms with E-state index in [4.69, 9.17) is 16.0 Å². The van der Waals surface area contributed by atoms with Gasteiger partial charge >= 0.3 is 0 Å². The lowest BCUT2D eigenvalue weighted by Gasteiger charge is -1.99. The first-order chi connectivity index (χ1) is 9.22. The Morgan fingerprint density at radius 1 is 1.21 bits per heavy atom. The standard InChI is InChI=1S/C14H9ClN2O2/c15-10-5-3-9(4-6-10)13-16-12(14(18)17-13)8-11-2-1-7-19-11/h1-8H,(H,16,17,18). The van der Waals surface area contributed by atoms with Gasteiger partial charge in [-0.3, -0.25) is 4.79 Å². The van der Waals surface area contributed by atoms with Crippen molar-refractivity contribution < 1.29 is 9.21 Å². The summed E-state index contributed by atoms with van der Waals surface area (Å²) in [4.78, 5) is 16.0. The van der Waals surface area contributed by atoms with Gasteiger partial charge in [0.2, 0.25) is 0 Å². The first-order valence-electron chi connectivity index (χ1n) is 5.63. The summed E-state index contributed by atoms with van der Waals surface area (Å²) in [6.45, 7) is 0. The molecule has 2 aromatic rings. The molecule has 1 aliphatic rings. The van der Waals surface area contributed by atoms with E-state index < -0.39 is 0 Å². The average Bonchev–Trinajstić information content (AvgIpc) is 3.02. The Bertz CT molecular complexity index is 670. The molecule has 1 aliphatic heterocycles. The molecule has 0 atom stereocenters. The summed E-state index contributed by atoms with van der Waals surface area (Å²) in [5, 5.41) is 3.35. The molecule has 0 fully saturated rings. The number of amides is 1. The summed E-state index contributed by atoms with van der Waals surface area (Å²) in [5.74, 6) is 0.854. The number of halogens is 1. The lowest BCUT2D eigenvalue weighted by Crippen LogP contribution is -2.24. The molecular formula is C14H9ClN2O2. The number of nitrogens with one attached hydrogen (secondary N) is 1. The van der Waals surface area contributed by atoms with Crippen molar-refractivity contribution in [2.24, 2.45) is 4.99 Å². The minimum absolute atomic E-state index is 0.249. The molecule has 5 heteroatoms. The second kappa shape index (κ2) is 4.74. The Balaban J connectivity index is 1.93. The predicted molar refractivity (Wildman–Crippen MR) is 72.8 cm³/mol. The van der Waals surface area contributed by atoms with Crippen LogP contribution in [-0.4, -0.2) is 11.7 Å². The van der Waals surface area contributed by atoms with Crippen LogP contribution < -0.4 is 5.32 Å². The van der Waals surface area contributed by atoms with Crippen LogP contribution >= 0.6 is 11.6 Å². The largest absolute Gasteiger partial charge is 0.465 e. The molecule has 0 aliphatic carbocycles. The van der Waals surface area contributed by atoms with Gasteiger partial charge in [-0.2, -0.15) is 0 Å². The summed E-state index contributed by atoms with van der Waals surface area (Å²) >= 11 is 5.82. The van der Waals surface area contributed by atoms with Gasteiger partial charge in [-0.05, 0) is 36.4 Å². The number of hydrogen-bond acceptors (Lipinski definition) is 3. The third-order valence-electron chi connectivity index (χ3n) is 2.64. The Labute approximate surface area is 114 Å². The van der Waals surface area contributed by atoms with Crippen molar-refractivity contribution >= 4 is 29.4 Å². The third-order valence-corrected chi connectivity index (χ3v) is 2.89. The van der Waals surface area contributed by atoms with E-state index in [0.29, 0.717) is 22.3 Å². The molecular weight excluding hydrogens is 264 g/mol. The van der Waals surface area contributed by atoms with E-state index in [1.807, 2.05) is 0 Å². The molecule has 94 valence electrons. The Morgan fingerprint density at radius 3 is 2.68 bits per heavy atom. The first kappa shape index (κ1) is 11.7. The van der Waals surface area contributed by atoms with Gasteiger partial charge in [0.1, 0.15) is 17.3 Å². The number of furan rings is 1. The SMILES string of the molecule is O=C1NC(c2ccc(Cl)cc2)=NC1=Cc1ccco1. The third kappa shape index (κ3) is 2.44. The molecule has 0 bridgehead atoms. The number of amidine groups is 1. The first-order valence-corrected chi connectivity index (χ1v) is 6.01. The monoisotopic (exact) mass is 272 g/mol. The minimum Gasteiger partial charge on any atom is -0.465 e. The fourth-order valence-corrected chi connectivity index (χ4v) is 1.85. The highest BCUT2D eigenvalue weighted by atomic mass is 35.5. The Kier molecular flexibility index (Phi) is 2.93. The summed E-state index contributed by atoms with van der Waals surface area (Å²) in [6.07, 6.45) is 3.14. The van der Waals surface area contributed by atoms with E-state index in [1.54, 1.807) is 48.7 Å². The topological polar surface area (TPSA) is 54.6 Å². The molecule has 1 aromatic carbocycles. The smallest absolute Gasteiger partial charge is 0.275 e. The second-order valence-electron chi connectivity index (χ2n) is 3.97. The number of aliphatic imine (C=N–C) groups is 1. The fraction of sp³-hybridized carbons (Fsp3) is 0. The lowest BCUT2D eigenvalue weighted by atomic mass is 10.2. The van der Waals surface area contributed by atoms with Gasteiger partial charge < -0.3 is 9.73 Å². The highest BCUT2D eigenvalue weighted by Gasteiger charge is 2.21. The molecule has 0 spiro atoms. The van der Waals surface area contributed by atoms with Crippen LogP contribution in [0.4, 0.5) is 0 Å². The van der Waals surface area contributed by atoms with Crippen molar-refractivity contribution in [3.63, 3.8) is 0 Å². The maximum absolute atomic E-state index is 11.8. The molecule has 0 unspecified atom stereocenters. The number of carbonyl (C=O) groups excluding carboxylic acids is 1. The zero-order valence-electron chi connectivity index (χ0n) is 9.76. The van der Waals surface area contributed by atoms with Crippen LogP contribution in [0, 0.1) is 0 Å². The van der Waals surface area contributed by atoms with Gasteiger partial charge in [-0.15, -0.1) is 0 Å². The zero-order chi connectivity index (χ0) is 13.2. The molecule has 1 N–H and O–H groups in total. The molecule has 4 nitrogen and oxygen atoms in total. The van der Waals surface area contributed by atoms with Gasteiger partial charge in [0.05, 0.1) is 6.26 Å². The quantitative estimate of drug-likeness (QED) is 0.855. The molecule has 3 rings (SSSR count). The van der Waals surface area contributed by atoms with Crippen LogP contribution in [0.1, 0.15) is 11.3 Å². The molecule has 0 saturated heterocycles. The molecule has 2 heterocycles.